The summed E-state index contributed by atoms with van der Waals surface area (Å²) in [5.41, 5.74) is 2.82. The fourth-order valence-corrected chi connectivity index (χ4v) is 2.19. The maximum Gasteiger partial charge on any atom is 0.337 e. The molecule has 2 aromatic carbocycles. The van der Waals surface area contributed by atoms with Gasteiger partial charge in [-0.1, -0.05) is 30.3 Å². The quantitative estimate of drug-likeness (QED) is 0.758. The van der Waals surface area contributed by atoms with E-state index in [0.29, 0.717) is 12.2 Å². The molecule has 0 aliphatic carbocycles. The monoisotopic (exact) mass is 293 g/mol. The smallest absolute Gasteiger partial charge is 0.337 e. The van der Waals surface area contributed by atoms with Gasteiger partial charge in [0.05, 0.1) is 17.4 Å². The maximum atomic E-state index is 11.2. The molecule has 3 rings (SSSR count). The summed E-state index contributed by atoms with van der Waals surface area (Å²) in [6.07, 6.45) is 3.69. The number of carboxylic acids is 1. The van der Waals surface area contributed by atoms with E-state index in [9.17, 15) is 4.79 Å². The first-order chi connectivity index (χ1) is 10.7. The summed E-state index contributed by atoms with van der Waals surface area (Å²) in [6.45, 7) is 0.511. The van der Waals surface area contributed by atoms with Crippen LogP contribution < -0.4 is 5.32 Å². The second-order valence-corrected chi connectivity index (χ2v) is 4.83. The summed E-state index contributed by atoms with van der Waals surface area (Å²) in [5.74, 6) is -0.942. The lowest BCUT2D eigenvalue weighted by Crippen LogP contribution is -2.05. The number of benzene rings is 2. The van der Waals surface area contributed by atoms with Crippen molar-refractivity contribution in [3.63, 3.8) is 0 Å². The van der Waals surface area contributed by atoms with Crippen LogP contribution in [0.4, 0.5) is 5.69 Å². The molecule has 2 N–H and O–H groups in total. The molecular weight excluding hydrogens is 278 g/mol. The van der Waals surface area contributed by atoms with Gasteiger partial charge in [0.15, 0.2) is 0 Å². The molecule has 0 unspecified atom stereocenters. The summed E-state index contributed by atoms with van der Waals surface area (Å²) in [5, 5.41) is 16.6. The van der Waals surface area contributed by atoms with Crippen LogP contribution in [0.5, 0.6) is 0 Å². The highest BCUT2D eigenvalue weighted by Gasteiger charge is 2.08. The molecule has 0 saturated heterocycles. The number of hydrogen-bond acceptors (Lipinski definition) is 3. The van der Waals surface area contributed by atoms with Crippen LogP contribution in [0.1, 0.15) is 15.9 Å². The van der Waals surface area contributed by atoms with Crippen LogP contribution in [0, 0.1) is 0 Å². The van der Waals surface area contributed by atoms with Crippen LogP contribution in [0.25, 0.3) is 5.69 Å². The predicted octanol–water partition coefficient (Wildman–Crippen LogP) is 3.18. The molecule has 0 bridgehead atoms. The van der Waals surface area contributed by atoms with Gasteiger partial charge in [-0.15, -0.1) is 0 Å². The van der Waals surface area contributed by atoms with Crippen molar-refractivity contribution in [2.75, 3.05) is 5.32 Å². The lowest BCUT2D eigenvalue weighted by molar-refractivity contribution is 0.0698. The molecule has 22 heavy (non-hydrogen) atoms. The first-order valence-corrected chi connectivity index (χ1v) is 6.89. The molecule has 110 valence electrons. The molecular formula is C17H15N3O2. The van der Waals surface area contributed by atoms with Crippen LogP contribution in [-0.4, -0.2) is 20.9 Å². The van der Waals surface area contributed by atoms with Crippen LogP contribution in [0.15, 0.2) is 67.0 Å². The van der Waals surface area contributed by atoms with E-state index in [2.05, 4.69) is 10.4 Å². The van der Waals surface area contributed by atoms with Crippen molar-refractivity contribution in [2.24, 2.45) is 0 Å². The van der Waals surface area contributed by atoms with E-state index < -0.39 is 5.97 Å². The van der Waals surface area contributed by atoms with Gasteiger partial charge in [-0.25, -0.2) is 9.48 Å². The molecule has 3 aromatic rings. The lowest BCUT2D eigenvalue weighted by Gasteiger charge is -2.07. The van der Waals surface area contributed by atoms with Crippen LogP contribution in [0.3, 0.4) is 0 Å². The highest BCUT2D eigenvalue weighted by atomic mass is 16.4. The third-order valence-electron chi connectivity index (χ3n) is 3.30. The number of carbonyl (C=O) groups is 1. The maximum absolute atomic E-state index is 11.2. The number of rotatable bonds is 5. The average molecular weight is 293 g/mol. The molecule has 5 nitrogen and oxygen atoms in total. The number of carboxylic acid groups (broad SMARTS) is 1. The van der Waals surface area contributed by atoms with Gasteiger partial charge in [-0.3, -0.25) is 0 Å². The molecule has 1 heterocycles. The lowest BCUT2D eigenvalue weighted by atomic mass is 10.2. The van der Waals surface area contributed by atoms with Gasteiger partial charge < -0.3 is 10.4 Å². The number of nitrogens with zero attached hydrogens (tertiary/aromatic N) is 2. The third kappa shape index (κ3) is 2.98. The minimum absolute atomic E-state index is 0.262. The molecule has 5 heteroatoms. The van der Waals surface area contributed by atoms with Crippen molar-refractivity contribution in [1.82, 2.24) is 9.78 Å². The Bertz CT molecular complexity index is 781. The number of anilines is 1. The number of hydrogen-bond donors (Lipinski definition) is 2. The molecule has 0 atom stereocenters. The molecule has 0 amide bonds. The van der Waals surface area contributed by atoms with Gasteiger partial charge in [0, 0.05) is 24.0 Å². The zero-order chi connectivity index (χ0) is 15.4. The average Bonchev–Trinajstić information content (AvgIpc) is 3.03. The van der Waals surface area contributed by atoms with Gasteiger partial charge in [-0.05, 0) is 24.3 Å². The molecule has 0 aliphatic heterocycles. The highest BCUT2D eigenvalue weighted by Crippen LogP contribution is 2.16. The third-order valence-corrected chi connectivity index (χ3v) is 3.30. The normalized spacial score (nSPS) is 10.4. The van der Waals surface area contributed by atoms with Crippen molar-refractivity contribution in [3.05, 3.63) is 78.1 Å². The number of nitrogens with one attached hydrogen (secondary N) is 1. The summed E-state index contributed by atoms with van der Waals surface area (Å²) < 4.78 is 1.79. The second-order valence-electron chi connectivity index (χ2n) is 4.83. The van der Waals surface area contributed by atoms with Crippen LogP contribution >= 0.6 is 0 Å². The van der Waals surface area contributed by atoms with E-state index in [1.807, 2.05) is 42.6 Å². The van der Waals surface area contributed by atoms with Gasteiger partial charge in [-0.2, -0.15) is 5.10 Å². The number of para-hydroxylation sites is 2. The van der Waals surface area contributed by atoms with Crippen LogP contribution in [-0.2, 0) is 6.54 Å². The predicted molar refractivity (Wildman–Crippen MR) is 84.3 cm³/mol. The Morgan fingerprint density at radius 1 is 1.09 bits per heavy atom. The Morgan fingerprint density at radius 2 is 1.82 bits per heavy atom. The molecule has 0 radical (unpaired) electrons. The van der Waals surface area contributed by atoms with E-state index in [4.69, 9.17) is 5.11 Å². The van der Waals surface area contributed by atoms with Crippen molar-refractivity contribution in [2.45, 2.75) is 6.54 Å². The van der Waals surface area contributed by atoms with Crippen molar-refractivity contribution < 1.29 is 9.90 Å². The van der Waals surface area contributed by atoms with E-state index in [1.165, 1.54) is 0 Å². The van der Waals surface area contributed by atoms with E-state index in [1.54, 1.807) is 29.1 Å². The van der Waals surface area contributed by atoms with Gasteiger partial charge in [0.25, 0.3) is 0 Å². The Hall–Kier alpha value is -3.08. The largest absolute Gasteiger partial charge is 0.478 e. The fraction of sp³-hybridized carbons (Fsp3) is 0.0588. The van der Waals surface area contributed by atoms with Gasteiger partial charge >= 0.3 is 5.97 Å². The summed E-state index contributed by atoms with van der Waals surface area (Å²) in [4.78, 5) is 11.2. The zero-order valence-corrected chi connectivity index (χ0v) is 11.8. The van der Waals surface area contributed by atoms with Crippen molar-refractivity contribution >= 4 is 11.7 Å². The molecule has 0 saturated carbocycles. The molecule has 0 spiro atoms. The summed E-state index contributed by atoms with van der Waals surface area (Å²) in [7, 11) is 0. The topological polar surface area (TPSA) is 67.2 Å². The minimum Gasteiger partial charge on any atom is -0.478 e. The first kappa shape index (κ1) is 13.9. The Balaban J connectivity index is 1.73. The number of aromatic nitrogens is 2. The molecule has 1 aromatic heterocycles. The zero-order valence-electron chi connectivity index (χ0n) is 11.8. The van der Waals surface area contributed by atoms with Crippen LogP contribution in [0.2, 0.25) is 0 Å². The summed E-state index contributed by atoms with van der Waals surface area (Å²) >= 11 is 0. The molecule has 0 fully saturated rings. The van der Waals surface area contributed by atoms with E-state index >= 15 is 0 Å². The first-order valence-electron chi connectivity index (χ1n) is 6.89. The SMILES string of the molecule is O=C(O)c1ccccc1NCc1cnn(-c2ccccc2)c1. The summed E-state index contributed by atoms with van der Waals surface area (Å²) in [6, 6.07) is 16.7. The number of aromatic carboxylic acids is 1. The Morgan fingerprint density at radius 3 is 2.59 bits per heavy atom. The van der Waals surface area contributed by atoms with E-state index in [-0.39, 0.29) is 5.56 Å². The van der Waals surface area contributed by atoms with Gasteiger partial charge in [0.1, 0.15) is 0 Å². The highest BCUT2D eigenvalue weighted by molar-refractivity contribution is 5.94. The Labute approximate surface area is 127 Å². The van der Waals surface area contributed by atoms with E-state index in [0.717, 1.165) is 11.3 Å². The van der Waals surface area contributed by atoms with Crippen molar-refractivity contribution in [1.29, 1.82) is 0 Å². The Kier molecular flexibility index (Phi) is 3.87. The minimum atomic E-state index is -0.942. The standard InChI is InChI=1S/C17H15N3O2/c21-17(22)15-8-4-5-9-16(15)18-10-13-11-19-20(12-13)14-6-2-1-3-7-14/h1-9,11-12,18H,10H2,(H,21,22). The van der Waals surface area contributed by atoms with Crippen molar-refractivity contribution in [3.8, 4) is 5.69 Å². The second kappa shape index (κ2) is 6.13. The molecule has 0 aliphatic rings. The van der Waals surface area contributed by atoms with Gasteiger partial charge in [0.2, 0.25) is 0 Å². The fourth-order valence-electron chi connectivity index (χ4n) is 2.19.